The number of esters is 1. The van der Waals surface area contributed by atoms with Crippen LogP contribution in [0.15, 0.2) is 63.8 Å². The van der Waals surface area contributed by atoms with Crippen LogP contribution in [0.1, 0.15) is 32.3 Å². The number of carbonyl (C=O) groups is 1. The van der Waals surface area contributed by atoms with E-state index in [9.17, 15) is 9.59 Å². The van der Waals surface area contributed by atoms with Gasteiger partial charge < -0.3 is 18.6 Å². The Morgan fingerprint density at radius 2 is 1.76 bits per heavy atom. The SMILES string of the molecule is C=C(C)C(=O)OC1CCC(Oc2ccc3cc(-c4ccc(OC)cc4C)c(=O)oc3c2)C1C. The van der Waals surface area contributed by atoms with Crippen LogP contribution < -0.4 is 15.1 Å². The molecule has 3 aromatic rings. The van der Waals surface area contributed by atoms with Crippen molar-refractivity contribution >= 4 is 16.9 Å². The van der Waals surface area contributed by atoms with Crippen LogP contribution in [0.5, 0.6) is 11.5 Å². The second kappa shape index (κ2) is 9.14. The highest BCUT2D eigenvalue weighted by atomic mass is 16.5. The Balaban J connectivity index is 1.55. The number of hydrogen-bond acceptors (Lipinski definition) is 6. The van der Waals surface area contributed by atoms with Crippen LogP contribution in [0.25, 0.3) is 22.1 Å². The maximum Gasteiger partial charge on any atom is 0.344 e. The average molecular weight is 449 g/mol. The fraction of sp³-hybridized carbons (Fsp3) is 0.333. The van der Waals surface area contributed by atoms with Crippen molar-refractivity contribution in [2.24, 2.45) is 5.92 Å². The summed E-state index contributed by atoms with van der Waals surface area (Å²) < 4.78 is 22.6. The van der Waals surface area contributed by atoms with Crippen molar-refractivity contribution < 1.29 is 23.4 Å². The molecule has 0 bridgehead atoms. The molecule has 6 heteroatoms. The molecule has 3 atom stereocenters. The number of ether oxygens (including phenoxy) is 3. The van der Waals surface area contributed by atoms with E-state index in [1.807, 2.05) is 50.2 Å². The monoisotopic (exact) mass is 448 g/mol. The van der Waals surface area contributed by atoms with Crippen LogP contribution in [0.2, 0.25) is 0 Å². The summed E-state index contributed by atoms with van der Waals surface area (Å²) in [7, 11) is 1.61. The van der Waals surface area contributed by atoms with Gasteiger partial charge in [-0.05, 0) is 68.1 Å². The Morgan fingerprint density at radius 1 is 1.03 bits per heavy atom. The molecule has 3 unspecified atom stereocenters. The molecular weight excluding hydrogens is 420 g/mol. The first kappa shape index (κ1) is 22.6. The van der Waals surface area contributed by atoms with Crippen molar-refractivity contribution in [3.63, 3.8) is 0 Å². The number of aryl methyl sites for hydroxylation is 1. The zero-order valence-corrected chi connectivity index (χ0v) is 19.3. The zero-order chi connectivity index (χ0) is 23.7. The fourth-order valence-corrected chi connectivity index (χ4v) is 4.26. The molecule has 1 fully saturated rings. The van der Waals surface area contributed by atoms with Gasteiger partial charge in [-0.2, -0.15) is 0 Å². The van der Waals surface area contributed by atoms with E-state index in [4.69, 9.17) is 18.6 Å². The molecule has 0 saturated heterocycles. The predicted molar refractivity (Wildman–Crippen MR) is 127 cm³/mol. The first-order valence-corrected chi connectivity index (χ1v) is 11.0. The summed E-state index contributed by atoms with van der Waals surface area (Å²) in [6, 6.07) is 12.9. The number of fused-ring (bicyclic) bond motifs is 1. The van der Waals surface area contributed by atoms with E-state index in [1.165, 1.54) is 0 Å². The minimum absolute atomic E-state index is 0.0384. The third-order valence-electron chi connectivity index (χ3n) is 6.23. The van der Waals surface area contributed by atoms with E-state index in [1.54, 1.807) is 20.1 Å². The van der Waals surface area contributed by atoms with Crippen LogP contribution in [-0.4, -0.2) is 25.3 Å². The van der Waals surface area contributed by atoms with Gasteiger partial charge in [-0.3, -0.25) is 0 Å². The molecule has 0 aliphatic heterocycles. The van der Waals surface area contributed by atoms with Gasteiger partial charge >= 0.3 is 11.6 Å². The molecule has 1 saturated carbocycles. The minimum atomic E-state index is -0.408. The number of carbonyl (C=O) groups excluding carboxylic acids is 1. The lowest BCUT2D eigenvalue weighted by atomic mass is 10.0. The van der Waals surface area contributed by atoms with E-state index in [-0.39, 0.29) is 24.1 Å². The van der Waals surface area contributed by atoms with Gasteiger partial charge in [0, 0.05) is 22.9 Å². The molecule has 172 valence electrons. The van der Waals surface area contributed by atoms with Gasteiger partial charge in [0.25, 0.3) is 0 Å². The van der Waals surface area contributed by atoms with Gasteiger partial charge in [0.1, 0.15) is 29.3 Å². The average Bonchev–Trinajstić information content (AvgIpc) is 3.12. The molecule has 1 heterocycles. The van der Waals surface area contributed by atoms with Gasteiger partial charge in [0.05, 0.1) is 12.7 Å². The number of rotatable bonds is 6. The fourth-order valence-electron chi connectivity index (χ4n) is 4.26. The van der Waals surface area contributed by atoms with Gasteiger partial charge in [0.15, 0.2) is 0 Å². The summed E-state index contributed by atoms with van der Waals surface area (Å²) in [5.74, 6) is 1.02. The lowest BCUT2D eigenvalue weighted by Crippen LogP contribution is -2.28. The third kappa shape index (κ3) is 4.65. The van der Waals surface area contributed by atoms with Crippen LogP contribution in [-0.2, 0) is 9.53 Å². The molecule has 2 aromatic carbocycles. The molecule has 1 aliphatic rings. The summed E-state index contributed by atoms with van der Waals surface area (Å²) in [6.07, 6.45) is 1.21. The van der Waals surface area contributed by atoms with Crippen molar-refractivity contribution in [3.8, 4) is 22.6 Å². The molecule has 4 rings (SSSR count). The standard InChI is InChI=1S/C27H28O6/c1-15(2)26(28)32-24-11-10-23(17(24)4)31-20-7-6-18-13-22(27(29)33-25(18)14-20)21-9-8-19(30-5)12-16(21)3/h6-9,12-14,17,23-24H,1,10-11H2,2-5H3. The summed E-state index contributed by atoms with van der Waals surface area (Å²) >= 11 is 0. The quantitative estimate of drug-likeness (QED) is 0.284. The molecule has 6 nitrogen and oxygen atoms in total. The highest BCUT2D eigenvalue weighted by Gasteiger charge is 2.37. The van der Waals surface area contributed by atoms with Gasteiger partial charge in [-0.1, -0.05) is 19.6 Å². The molecule has 0 spiro atoms. The summed E-state index contributed by atoms with van der Waals surface area (Å²) in [4.78, 5) is 24.6. The Kier molecular flexibility index (Phi) is 6.27. The van der Waals surface area contributed by atoms with Crippen LogP contribution >= 0.6 is 0 Å². The number of hydrogen-bond donors (Lipinski definition) is 0. The van der Waals surface area contributed by atoms with Gasteiger partial charge in [0.2, 0.25) is 0 Å². The first-order valence-electron chi connectivity index (χ1n) is 11.0. The predicted octanol–water partition coefficient (Wildman–Crippen LogP) is 5.44. The summed E-state index contributed by atoms with van der Waals surface area (Å²) in [5, 5.41) is 0.805. The largest absolute Gasteiger partial charge is 0.497 e. The lowest BCUT2D eigenvalue weighted by Gasteiger charge is -2.22. The van der Waals surface area contributed by atoms with Crippen molar-refractivity contribution in [1.29, 1.82) is 0 Å². The van der Waals surface area contributed by atoms with Gasteiger partial charge in [-0.25, -0.2) is 9.59 Å². The molecular formula is C27H28O6. The van der Waals surface area contributed by atoms with Gasteiger partial charge in [-0.15, -0.1) is 0 Å². The van der Waals surface area contributed by atoms with Crippen LogP contribution in [0.3, 0.4) is 0 Å². The van der Waals surface area contributed by atoms with Crippen LogP contribution in [0, 0.1) is 12.8 Å². The molecule has 0 radical (unpaired) electrons. The van der Waals surface area contributed by atoms with Crippen LogP contribution in [0.4, 0.5) is 0 Å². The first-order chi connectivity index (χ1) is 15.8. The normalized spacial score (nSPS) is 19.9. The molecule has 0 amide bonds. The maximum atomic E-state index is 12.8. The highest BCUT2D eigenvalue weighted by molar-refractivity contribution is 5.87. The van der Waals surface area contributed by atoms with Crippen molar-refractivity contribution in [3.05, 3.63) is 70.6 Å². The Bertz CT molecular complexity index is 1270. The van der Waals surface area contributed by atoms with E-state index in [0.717, 1.165) is 35.1 Å². The van der Waals surface area contributed by atoms with E-state index >= 15 is 0 Å². The smallest absolute Gasteiger partial charge is 0.344 e. The van der Waals surface area contributed by atoms with Crippen molar-refractivity contribution in [2.75, 3.05) is 7.11 Å². The summed E-state index contributed by atoms with van der Waals surface area (Å²) in [5.41, 5.74) is 2.68. The second-order valence-electron chi connectivity index (χ2n) is 8.64. The Hall–Kier alpha value is -3.54. The summed E-state index contributed by atoms with van der Waals surface area (Å²) in [6.45, 7) is 9.22. The molecule has 33 heavy (non-hydrogen) atoms. The van der Waals surface area contributed by atoms with E-state index in [0.29, 0.717) is 22.5 Å². The second-order valence-corrected chi connectivity index (χ2v) is 8.64. The van der Waals surface area contributed by atoms with E-state index in [2.05, 4.69) is 6.58 Å². The number of methoxy groups -OCH3 is 1. The third-order valence-corrected chi connectivity index (χ3v) is 6.23. The topological polar surface area (TPSA) is 75.0 Å². The van der Waals surface area contributed by atoms with E-state index < -0.39 is 5.63 Å². The Labute approximate surface area is 192 Å². The zero-order valence-electron chi connectivity index (χ0n) is 19.3. The maximum absolute atomic E-state index is 12.8. The lowest BCUT2D eigenvalue weighted by molar-refractivity contribution is -0.146. The van der Waals surface area contributed by atoms with Crippen molar-refractivity contribution in [2.45, 2.75) is 45.8 Å². The van der Waals surface area contributed by atoms with Crippen molar-refractivity contribution in [1.82, 2.24) is 0 Å². The minimum Gasteiger partial charge on any atom is -0.497 e. The Morgan fingerprint density at radius 3 is 2.45 bits per heavy atom. The molecule has 0 N–H and O–H groups in total. The molecule has 1 aromatic heterocycles. The molecule has 1 aliphatic carbocycles. The highest BCUT2D eigenvalue weighted by Crippen LogP contribution is 2.34. The number of benzene rings is 2.